The first-order valence-corrected chi connectivity index (χ1v) is 12.1. The molecule has 3 aromatic heterocycles. The fourth-order valence-electron chi connectivity index (χ4n) is 4.04. The predicted molar refractivity (Wildman–Crippen MR) is 133 cm³/mol. The van der Waals surface area contributed by atoms with Crippen molar-refractivity contribution in [3.05, 3.63) is 66.3 Å². The van der Waals surface area contributed by atoms with Crippen LogP contribution in [0.15, 0.2) is 38.0 Å². The molecule has 0 unspecified atom stereocenters. The Hall–Kier alpha value is -4.01. The molecule has 202 valence electrons. The smallest absolute Gasteiger partial charge is 0.300 e. The van der Waals surface area contributed by atoms with Crippen molar-refractivity contribution < 1.29 is 22.4 Å². The van der Waals surface area contributed by atoms with E-state index in [1.54, 1.807) is 0 Å². The lowest BCUT2D eigenvalue weighted by Crippen LogP contribution is -2.38. The summed E-state index contributed by atoms with van der Waals surface area (Å²) in [6.45, 7) is 3.33. The number of carbonyl (C=O) groups excluding carboxylic acids is 1. The van der Waals surface area contributed by atoms with Crippen LogP contribution in [0.1, 0.15) is 19.4 Å². The van der Waals surface area contributed by atoms with Crippen molar-refractivity contribution in [1.82, 2.24) is 23.3 Å². The number of nitrogens with one attached hydrogen (secondary N) is 1. The molecule has 0 aliphatic heterocycles. The van der Waals surface area contributed by atoms with E-state index in [0.29, 0.717) is 12.1 Å². The summed E-state index contributed by atoms with van der Waals surface area (Å²) in [7, 11) is 2.69. The van der Waals surface area contributed by atoms with Crippen LogP contribution in [0.25, 0.3) is 22.4 Å². The van der Waals surface area contributed by atoms with Gasteiger partial charge in [0, 0.05) is 31.6 Å². The molecule has 0 spiro atoms. The Morgan fingerprint density at radius 1 is 1.08 bits per heavy atom. The number of alkyl halides is 3. The highest BCUT2D eigenvalue weighted by Gasteiger charge is 2.34. The molecule has 1 amide bonds. The van der Waals surface area contributed by atoms with Crippen LogP contribution in [0.4, 0.5) is 22.7 Å². The maximum Gasteiger partial charge on any atom is 0.419 e. The summed E-state index contributed by atoms with van der Waals surface area (Å²) in [6.07, 6.45) is -4.84. The van der Waals surface area contributed by atoms with E-state index in [1.807, 2.05) is 13.8 Å². The Balaban J connectivity index is 1.65. The standard InChI is InChI=1S/C23H22F4N6O4S/c1-11(2)8-33-18-17(19(35)31(4)21(36)30(18)3)32(22(33)37)9-16(34)29-20-28-15(10-38-20)12-5-6-13(14(24)7-12)23(25,26)27/h5-7,10-11H,8-9H2,1-4H3,(H,28,29,34). The summed E-state index contributed by atoms with van der Waals surface area (Å²) in [5, 5.41) is 3.95. The average Bonchev–Trinajstić information content (AvgIpc) is 3.38. The van der Waals surface area contributed by atoms with Crippen molar-refractivity contribution in [1.29, 1.82) is 0 Å². The number of nitrogens with zero attached hydrogens (tertiary/aromatic N) is 5. The lowest BCUT2D eigenvalue weighted by Gasteiger charge is -2.09. The van der Waals surface area contributed by atoms with Crippen LogP contribution in [0.5, 0.6) is 0 Å². The summed E-state index contributed by atoms with van der Waals surface area (Å²) < 4.78 is 56.7. The van der Waals surface area contributed by atoms with Gasteiger partial charge in [-0.25, -0.2) is 19.0 Å². The first-order valence-electron chi connectivity index (χ1n) is 11.2. The highest BCUT2D eigenvalue weighted by molar-refractivity contribution is 7.14. The second kappa shape index (κ2) is 9.70. The van der Waals surface area contributed by atoms with Crippen molar-refractivity contribution in [3.8, 4) is 11.3 Å². The predicted octanol–water partition coefficient (Wildman–Crippen LogP) is 2.78. The number of imidazole rings is 1. The Bertz CT molecular complexity index is 1740. The van der Waals surface area contributed by atoms with E-state index in [9.17, 15) is 36.7 Å². The van der Waals surface area contributed by atoms with E-state index in [0.717, 1.165) is 26.5 Å². The minimum atomic E-state index is -4.84. The number of amides is 1. The van der Waals surface area contributed by atoms with Gasteiger partial charge in [0.05, 0.1) is 11.3 Å². The molecule has 0 aliphatic carbocycles. The average molecular weight is 555 g/mol. The van der Waals surface area contributed by atoms with Gasteiger partial charge in [0.1, 0.15) is 12.4 Å². The van der Waals surface area contributed by atoms with E-state index in [1.165, 1.54) is 28.6 Å². The molecule has 38 heavy (non-hydrogen) atoms. The van der Waals surface area contributed by atoms with Crippen molar-refractivity contribution in [2.75, 3.05) is 5.32 Å². The monoisotopic (exact) mass is 554 g/mol. The van der Waals surface area contributed by atoms with Gasteiger partial charge in [-0.15, -0.1) is 11.3 Å². The fourth-order valence-corrected chi connectivity index (χ4v) is 4.78. The number of aryl methyl sites for hydroxylation is 1. The minimum absolute atomic E-state index is 0.0106. The van der Waals surface area contributed by atoms with Gasteiger partial charge in [-0.1, -0.05) is 19.9 Å². The van der Waals surface area contributed by atoms with Crippen molar-refractivity contribution >= 4 is 33.5 Å². The Kier molecular flexibility index (Phi) is 6.90. The van der Waals surface area contributed by atoms with Crippen molar-refractivity contribution in [2.45, 2.75) is 33.1 Å². The number of rotatable bonds is 6. The van der Waals surface area contributed by atoms with Crippen LogP contribution < -0.4 is 22.3 Å². The maximum atomic E-state index is 14.0. The number of benzene rings is 1. The van der Waals surface area contributed by atoms with Crippen LogP contribution in [0.3, 0.4) is 0 Å². The molecule has 0 fully saturated rings. The van der Waals surface area contributed by atoms with Crippen LogP contribution >= 0.6 is 11.3 Å². The van der Waals surface area contributed by atoms with E-state index >= 15 is 0 Å². The van der Waals surface area contributed by atoms with Crippen LogP contribution in [0.2, 0.25) is 0 Å². The Morgan fingerprint density at radius 2 is 1.76 bits per heavy atom. The molecule has 0 radical (unpaired) electrons. The zero-order chi connectivity index (χ0) is 28.1. The summed E-state index contributed by atoms with van der Waals surface area (Å²) >= 11 is 0.939. The second-order valence-corrected chi connectivity index (χ2v) is 9.89. The Morgan fingerprint density at radius 3 is 2.37 bits per heavy atom. The highest BCUT2D eigenvalue weighted by Crippen LogP contribution is 2.34. The molecule has 0 atom stereocenters. The molecule has 0 bridgehead atoms. The Labute approximate surface area is 215 Å². The lowest BCUT2D eigenvalue weighted by atomic mass is 10.1. The van der Waals surface area contributed by atoms with Crippen molar-refractivity contribution in [3.63, 3.8) is 0 Å². The van der Waals surface area contributed by atoms with Gasteiger partial charge in [-0.2, -0.15) is 13.2 Å². The summed E-state index contributed by atoms with van der Waals surface area (Å²) in [4.78, 5) is 55.6. The number of anilines is 1. The second-order valence-electron chi connectivity index (χ2n) is 9.03. The highest BCUT2D eigenvalue weighted by atomic mass is 32.1. The van der Waals surface area contributed by atoms with E-state index in [-0.39, 0.29) is 40.0 Å². The van der Waals surface area contributed by atoms with E-state index in [2.05, 4.69) is 10.3 Å². The molecule has 1 N–H and O–H groups in total. The SMILES string of the molecule is CC(C)Cn1c(=O)n(CC(=O)Nc2nc(-c3ccc(C(F)(F)F)c(F)c3)cs2)c2c(=O)n(C)c(=O)n(C)c21. The summed E-state index contributed by atoms with van der Waals surface area (Å²) in [5.74, 6) is -2.18. The molecule has 3 heterocycles. The third-order valence-corrected chi connectivity index (χ3v) is 6.53. The number of halogens is 4. The zero-order valence-corrected chi connectivity index (χ0v) is 21.4. The minimum Gasteiger partial charge on any atom is -0.300 e. The number of hydrogen-bond donors (Lipinski definition) is 1. The number of thiazole rings is 1. The molecule has 4 aromatic rings. The largest absolute Gasteiger partial charge is 0.419 e. The third-order valence-electron chi connectivity index (χ3n) is 5.77. The molecular formula is C23H22F4N6O4S. The van der Waals surface area contributed by atoms with Crippen molar-refractivity contribution in [2.24, 2.45) is 20.0 Å². The van der Waals surface area contributed by atoms with Gasteiger partial charge in [0.15, 0.2) is 16.3 Å². The number of fused-ring (bicyclic) bond motifs is 1. The third kappa shape index (κ3) is 4.80. The topological polar surface area (TPSA) is 113 Å². The number of hydrogen-bond acceptors (Lipinski definition) is 6. The van der Waals surface area contributed by atoms with Crippen LogP contribution in [-0.4, -0.2) is 29.2 Å². The normalized spacial score (nSPS) is 12.0. The molecular weight excluding hydrogens is 532 g/mol. The summed E-state index contributed by atoms with van der Waals surface area (Å²) in [5.41, 5.74) is -3.25. The quantitative estimate of drug-likeness (QED) is 0.369. The molecule has 1 aromatic carbocycles. The first kappa shape index (κ1) is 27.0. The molecule has 0 saturated carbocycles. The molecule has 15 heteroatoms. The number of carbonyl (C=O) groups is 1. The van der Waals surface area contributed by atoms with Crippen LogP contribution in [-0.2, 0) is 38.2 Å². The van der Waals surface area contributed by atoms with Gasteiger partial charge in [0.2, 0.25) is 5.91 Å². The van der Waals surface area contributed by atoms with Gasteiger partial charge < -0.3 is 5.32 Å². The molecule has 0 aliphatic rings. The molecule has 0 saturated heterocycles. The van der Waals surface area contributed by atoms with Crippen LogP contribution in [0, 0.1) is 11.7 Å². The lowest BCUT2D eigenvalue weighted by molar-refractivity contribution is -0.140. The zero-order valence-electron chi connectivity index (χ0n) is 20.6. The number of aromatic nitrogens is 5. The first-order chi connectivity index (χ1) is 17.7. The van der Waals surface area contributed by atoms with Gasteiger partial charge in [0.25, 0.3) is 5.56 Å². The maximum absolute atomic E-state index is 14.0. The molecule has 10 nitrogen and oxygen atoms in total. The van der Waals surface area contributed by atoms with E-state index < -0.39 is 46.9 Å². The van der Waals surface area contributed by atoms with Gasteiger partial charge >= 0.3 is 17.6 Å². The molecule has 4 rings (SSSR count). The fraction of sp³-hybridized carbons (Fsp3) is 0.348. The summed E-state index contributed by atoms with van der Waals surface area (Å²) in [6, 6.07) is 2.37. The van der Waals surface area contributed by atoms with Gasteiger partial charge in [-0.05, 0) is 18.1 Å². The van der Waals surface area contributed by atoms with E-state index in [4.69, 9.17) is 0 Å². The van der Waals surface area contributed by atoms with Gasteiger partial charge in [-0.3, -0.25) is 27.9 Å².